The number of halogens is 1. The van der Waals surface area contributed by atoms with Crippen LogP contribution in [0.25, 0.3) is 0 Å². The van der Waals surface area contributed by atoms with E-state index in [2.05, 4.69) is 16.7 Å². The van der Waals surface area contributed by atoms with Crippen LogP contribution in [0.5, 0.6) is 0 Å². The first-order valence-electron chi connectivity index (χ1n) is 7.77. The van der Waals surface area contributed by atoms with Crippen molar-refractivity contribution in [2.75, 3.05) is 11.9 Å². The summed E-state index contributed by atoms with van der Waals surface area (Å²) in [5.74, 6) is 0.109. The molecule has 1 aromatic carbocycles. The number of nitrogens with one attached hydrogen (secondary N) is 2. The number of carbonyl (C=O) groups excluding carboxylic acids is 1. The van der Waals surface area contributed by atoms with Crippen LogP contribution in [0.4, 0.5) is 5.69 Å². The molecule has 1 aliphatic carbocycles. The first kappa shape index (κ1) is 16.8. The fourth-order valence-electron chi connectivity index (χ4n) is 2.82. The molecule has 0 radical (unpaired) electrons. The van der Waals surface area contributed by atoms with Crippen molar-refractivity contribution in [1.82, 2.24) is 5.32 Å². The van der Waals surface area contributed by atoms with E-state index in [4.69, 9.17) is 16.9 Å². The minimum atomic E-state index is -0.0501. The number of amides is 1. The van der Waals surface area contributed by atoms with E-state index in [1.54, 1.807) is 0 Å². The Labute approximate surface area is 136 Å². The molecule has 4 nitrogen and oxygen atoms in total. The number of aryl methyl sites for hydroxylation is 1. The van der Waals surface area contributed by atoms with Gasteiger partial charge in [0.2, 0.25) is 5.91 Å². The quantitative estimate of drug-likeness (QED) is 0.870. The van der Waals surface area contributed by atoms with Crippen molar-refractivity contribution >= 4 is 23.2 Å². The maximum Gasteiger partial charge on any atom is 0.225 e. The van der Waals surface area contributed by atoms with Crippen molar-refractivity contribution in [2.45, 2.75) is 45.1 Å². The van der Waals surface area contributed by atoms with Gasteiger partial charge in [-0.2, -0.15) is 5.26 Å². The fourth-order valence-corrected chi connectivity index (χ4v) is 3.10. The summed E-state index contributed by atoms with van der Waals surface area (Å²) in [5, 5.41) is 15.8. The third-order valence-electron chi connectivity index (χ3n) is 4.04. The number of anilines is 1. The van der Waals surface area contributed by atoms with Crippen molar-refractivity contribution in [3.8, 4) is 6.07 Å². The second kappa shape index (κ2) is 8.17. The molecule has 1 amide bonds. The molecule has 5 heteroatoms. The lowest BCUT2D eigenvalue weighted by Gasteiger charge is -2.26. The van der Waals surface area contributed by atoms with E-state index in [0.717, 1.165) is 31.2 Å². The SMILES string of the molecule is Cc1ccc(NC(=O)CCN[C@H]2CCC[C@@H](C#N)C2)c(Cl)c1. The Bertz CT molecular complexity index is 568. The number of nitriles is 1. The van der Waals surface area contributed by atoms with Gasteiger partial charge in [-0.1, -0.05) is 24.1 Å². The van der Waals surface area contributed by atoms with E-state index in [1.807, 2.05) is 25.1 Å². The lowest BCUT2D eigenvalue weighted by molar-refractivity contribution is -0.116. The number of hydrogen-bond acceptors (Lipinski definition) is 3. The lowest BCUT2D eigenvalue weighted by atomic mass is 9.87. The molecule has 1 saturated carbocycles. The number of nitrogens with zero attached hydrogens (tertiary/aromatic N) is 1. The molecule has 0 spiro atoms. The molecule has 0 aliphatic heterocycles. The highest BCUT2D eigenvalue weighted by Gasteiger charge is 2.21. The van der Waals surface area contributed by atoms with Crippen LogP contribution in [0, 0.1) is 24.2 Å². The van der Waals surface area contributed by atoms with E-state index in [9.17, 15) is 4.79 Å². The van der Waals surface area contributed by atoms with E-state index in [-0.39, 0.29) is 11.8 Å². The highest BCUT2D eigenvalue weighted by atomic mass is 35.5. The predicted octanol–water partition coefficient (Wildman–Crippen LogP) is 3.65. The third-order valence-corrected chi connectivity index (χ3v) is 4.35. The second-order valence-electron chi connectivity index (χ2n) is 5.93. The van der Waals surface area contributed by atoms with Gasteiger partial charge in [0.15, 0.2) is 0 Å². The normalized spacial score (nSPS) is 21.1. The van der Waals surface area contributed by atoms with Crippen LogP contribution in [0.1, 0.15) is 37.7 Å². The molecule has 2 atom stereocenters. The van der Waals surface area contributed by atoms with Gasteiger partial charge >= 0.3 is 0 Å². The van der Waals surface area contributed by atoms with Gasteiger partial charge in [0, 0.05) is 24.9 Å². The van der Waals surface area contributed by atoms with Crippen LogP contribution in [-0.2, 0) is 4.79 Å². The summed E-state index contributed by atoms with van der Waals surface area (Å²) < 4.78 is 0. The first-order valence-corrected chi connectivity index (χ1v) is 8.15. The minimum Gasteiger partial charge on any atom is -0.325 e. The molecule has 0 bridgehead atoms. The van der Waals surface area contributed by atoms with Crippen molar-refractivity contribution in [3.05, 3.63) is 28.8 Å². The highest BCUT2D eigenvalue weighted by molar-refractivity contribution is 6.33. The molecule has 118 valence electrons. The molecule has 0 unspecified atom stereocenters. The van der Waals surface area contributed by atoms with Crippen LogP contribution in [-0.4, -0.2) is 18.5 Å². The Morgan fingerprint density at radius 1 is 1.45 bits per heavy atom. The molecule has 0 aromatic heterocycles. The Morgan fingerprint density at radius 3 is 3.00 bits per heavy atom. The zero-order valence-corrected chi connectivity index (χ0v) is 13.6. The van der Waals surface area contributed by atoms with Crippen LogP contribution in [0.2, 0.25) is 5.02 Å². The molecule has 2 N–H and O–H groups in total. The second-order valence-corrected chi connectivity index (χ2v) is 6.33. The molecular formula is C17H22ClN3O. The molecule has 22 heavy (non-hydrogen) atoms. The topological polar surface area (TPSA) is 64.9 Å². The number of benzene rings is 1. The predicted molar refractivity (Wildman–Crippen MR) is 88.8 cm³/mol. The van der Waals surface area contributed by atoms with Crippen molar-refractivity contribution in [1.29, 1.82) is 5.26 Å². The Balaban J connectivity index is 1.73. The van der Waals surface area contributed by atoms with E-state index >= 15 is 0 Å². The molecule has 0 saturated heterocycles. The van der Waals surface area contributed by atoms with Crippen molar-refractivity contribution < 1.29 is 4.79 Å². The van der Waals surface area contributed by atoms with Crippen LogP contribution in [0.3, 0.4) is 0 Å². The average Bonchev–Trinajstić information content (AvgIpc) is 2.50. The molecule has 1 aliphatic rings. The summed E-state index contributed by atoms with van der Waals surface area (Å²) in [6.45, 7) is 2.58. The summed E-state index contributed by atoms with van der Waals surface area (Å²) in [6, 6.07) is 8.27. The van der Waals surface area contributed by atoms with Crippen molar-refractivity contribution in [2.24, 2.45) is 5.92 Å². The van der Waals surface area contributed by atoms with Gasteiger partial charge < -0.3 is 10.6 Å². The summed E-state index contributed by atoms with van der Waals surface area (Å²) in [4.78, 5) is 11.9. The Kier molecular flexibility index (Phi) is 6.23. The zero-order chi connectivity index (χ0) is 15.9. The monoisotopic (exact) mass is 319 g/mol. The maximum atomic E-state index is 11.9. The lowest BCUT2D eigenvalue weighted by Crippen LogP contribution is -2.35. The standard InChI is InChI=1S/C17H22ClN3O/c1-12-5-6-16(15(18)9-12)21-17(22)7-8-20-14-4-2-3-13(10-14)11-19/h5-6,9,13-14,20H,2-4,7-8,10H2,1H3,(H,21,22)/t13-,14+/m1/s1. The summed E-state index contributed by atoms with van der Waals surface area (Å²) in [7, 11) is 0. The molecule has 0 heterocycles. The molecule has 1 fully saturated rings. The van der Waals surface area contributed by atoms with Crippen LogP contribution >= 0.6 is 11.6 Å². The Morgan fingerprint density at radius 2 is 2.27 bits per heavy atom. The Hall–Kier alpha value is -1.57. The molecule has 1 aromatic rings. The molecule has 2 rings (SSSR count). The maximum absolute atomic E-state index is 11.9. The van der Waals surface area contributed by atoms with E-state index in [1.165, 1.54) is 0 Å². The first-order chi connectivity index (χ1) is 10.6. The van der Waals surface area contributed by atoms with Gasteiger partial charge in [-0.05, 0) is 43.9 Å². The third kappa shape index (κ3) is 5.01. The largest absolute Gasteiger partial charge is 0.325 e. The van der Waals surface area contributed by atoms with Gasteiger partial charge in [-0.25, -0.2) is 0 Å². The smallest absolute Gasteiger partial charge is 0.225 e. The van der Waals surface area contributed by atoms with Gasteiger partial charge in [0.1, 0.15) is 0 Å². The van der Waals surface area contributed by atoms with Crippen molar-refractivity contribution in [3.63, 3.8) is 0 Å². The van der Waals surface area contributed by atoms with Crippen LogP contribution < -0.4 is 10.6 Å². The van der Waals surface area contributed by atoms with Gasteiger partial charge in [-0.15, -0.1) is 0 Å². The average molecular weight is 320 g/mol. The van der Waals surface area contributed by atoms with Gasteiger partial charge in [0.25, 0.3) is 0 Å². The van der Waals surface area contributed by atoms with Crippen LogP contribution in [0.15, 0.2) is 18.2 Å². The summed E-state index contributed by atoms with van der Waals surface area (Å²) in [6.07, 6.45) is 4.46. The highest BCUT2D eigenvalue weighted by Crippen LogP contribution is 2.24. The zero-order valence-electron chi connectivity index (χ0n) is 12.9. The minimum absolute atomic E-state index is 0.0501. The van der Waals surface area contributed by atoms with Gasteiger partial charge in [-0.3, -0.25) is 4.79 Å². The van der Waals surface area contributed by atoms with Gasteiger partial charge in [0.05, 0.1) is 16.8 Å². The summed E-state index contributed by atoms with van der Waals surface area (Å²) in [5.41, 5.74) is 1.72. The van der Waals surface area contributed by atoms with E-state index in [0.29, 0.717) is 29.7 Å². The number of carbonyl (C=O) groups is 1. The van der Waals surface area contributed by atoms with E-state index < -0.39 is 0 Å². The molecular weight excluding hydrogens is 298 g/mol. The fraction of sp³-hybridized carbons (Fsp3) is 0.529. The number of hydrogen-bond donors (Lipinski definition) is 2. The number of rotatable bonds is 5. The summed E-state index contributed by atoms with van der Waals surface area (Å²) >= 11 is 6.10.